The maximum Gasteiger partial charge on any atom is 0.319 e. The molecule has 0 saturated carbocycles. The second-order valence-corrected chi connectivity index (χ2v) is 4.85. The maximum atomic E-state index is 11.6. The number of nitrogens with two attached hydrogens (primary N) is 1. The van der Waals surface area contributed by atoms with Gasteiger partial charge in [-0.15, -0.1) is 0 Å². The van der Waals surface area contributed by atoms with Crippen LogP contribution in [0.2, 0.25) is 0 Å². The number of anilines is 1. The van der Waals surface area contributed by atoms with E-state index in [-0.39, 0.29) is 24.4 Å². The Bertz CT molecular complexity index is 459. The number of carbonyl (C=O) groups is 2. The normalized spacial score (nSPS) is 11.7. The molecule has 1 unspecified atom stereocenters. The molecular weight excluding hydrogens is 268 g/mol. The van der Waals surface area contributed by atoms with E-state index in [2.05, 4.69) is 29.8 Å². The summed E-state index contributed by atoms with van der Waals surface area (Å²) in [6.45, 7) is 5.49. The zero-order chi connectivity index (χ0) is 15.7. The molecule has 0 radical (unpaired) electrons. The van der Waals surface area contributed by atoms with Crippen LogP contribution >= 0.6 is 0 Å². The standard InChI is InChI=1S/C15H24N4O2/c1-3-17-11(2)12-6-8-13(9-7-12)19-15(21)18-10-4-5-14(16)20/h6-9,11,17H,3-5,10H2,1-2H3,(H2,16,20)(H2,18,19,21). The molecule has 0 bridgehead atoms. The number of hydrogen-bond donors (Lipinski definition) is 4. The first-order valence-corrected chi connectivity index (χ1v) is 7.19. The zero-order valence-corrected chi connectivity index (χ0v) is 12.6. The molecule has 1 aromatic carbocycles. The van der Waals surface area contributed by atoms with E-state index in [0.717, 1.165) is 12.2 Å². The van der Waals surface area contributed by atoms with Crippen molar-refractivity contribution in [2.75, 3.05) is 18.4 Å². The summed E-state index contributed by atoms with van der Waals surface area (Å²) in [6, 6.07) is 7.70. The van der Waals surface area contributed by atoms with Gasteiger partial charge in [0.25, 0.3) is 0 Å². The van der Waals surface area contributed by atoms with Gasteiger partial charge in [0, 0.05) is 24.7 Å². The van der Waals surface area contributed by atoms with E-state index in [1.807, 2.05) is 24.3 Å². The van der Waals surface area contributed by atoms with Crippen LogP contribution in [-0.4, -0.2) is 25.0 Å². The third kappa shape index (κ3) is 6.76. The molecule has 0 aliphatic heterocycles. The predicted molar refractivity (Wildman–Crippen MR) is 84.0 cm³/mol. The predicted octanol–water partition coefficient (Wildman–Crippen LogP) is 1.74. The molecule has 21 heavy (non-hydrogen) atoms. The molecule has 0 aromatic heterocycles. The number of rotatable bonds is 8. The number of hydrogen-bond acceptors (Lipinski definition) is 3. The lowest BCUT2D eigenvalue weighted by molar-refractivity contribution is -0.118. The number of nitrogens with one attached hydrogen (secondary N) is 3. The SMILES string of the molecule is CCNC(C)c1ccc(NC(=O)NCCCC(N)=O)cc1. The van der Waals surface area contributed by atoms with E-state index < -0.39 is 0 Å². The Balaban J connectivity index is 2.37. The summed E-state index contributed by atoms with van der Waals surface area (Å²) in [5.41, 5.74) is 6.92. The summed E-state index contributed by atoms with van der Waals surface area (Å²) in [6.07, 6.45) is 0.819. The molecule has 1 aromatic rings. The van der Waals surface area contributed by atoms with E-state index in [0.29, 0.717) is 13.0 Å². The molecule has 116 valence electrons. The van der Waals surface area contributed by atoms with Gasteiger partial charge in [-0.2, -0.15) is 0 Å². The molecule has 0 spiro atoms. The first kappa shape index (κ1) is 17.0. The third-order valence-corrected chi connectivity index (χ3v) is 3.06. The van der Waals surface area contributed by atoms with E-state index in [1.54, 1.807) is 0 Å². The minimum Gasteiger partial charge on any atom is -0.370 e. The summed E-state index contributed by atoms with van der Waals surface area (Å²) < 4.78 is 0. The number of urea groups is 1. The van der Waals surface area contributed by atoms with Crippen LogP contribution in [0.25, 0.3) is 0 Å². The van der Waals surface area contributed by atoms with Crippen molar-refractivity contribution in [2.45, 2.75) is 32.7 Å². The second-order valence-electron chi connectivity index (χ2n) is 4.85. The van der Waals surface area contributed by atoms with Crippen molar-refractivity contribution < 1.29 is 9.59 Å². The van der Waals surface area contributed by atoms with Gasteiger partial charge >= 0.3 is 6.03 Å². The van der Waals surface area contributed by atoms with Gasteiger partial charge in [-0.1, -0.05) is 19.1 Å². The van der Waals surface area contributed by atoms with Crippen LogP contribution in [0.4, 0.5) is 10.5 Å². The van der Waals surface area contributed by atoms with Crippen molar-refractivity contribution >= 4 is 17.6 Å². The molecule has 0 aliphatic rings. The number of benzene rings is 1. The molecule has 3 amide bonds. The van der Waals surface area contributed by atoms with Crippen LogP contribution < -0.4 is 21.7 Å². The fraction of sp³-hybridized carbons (Fsp3) is 0.467. The summed E-state index contributed by atoms with van der Waals surface area (Å²) in [7, 11) is 0. The van der Waals surface area contributed by atoms with Gasteiger partial charge in [0.05, 0.1) is 0 Å². The third-order valence-electron chi connectivity index (χ3n) is 3.06. The molecular formula is C15H24N4O2. The highest BCUT2D eigenvalue weighted by molar-refractivity contribution is 5.89. The largest absolute Gasteiger partial charge is 0.370 e. The van der Waals surface area contributed by atoms with Crippen LogP contribution in [0.3, 0.4) is 0 Å². The van der Waals surface area contributed by atoms with Crippen LogP contribution in [0.15, 0.2) is 24.3 Å². The summed E-state index contributed by atoms with van der Waals surface area (Å²) in [4.78, 5) is 22.2. The molecule has 0 saturated heterocycles. The van der Waals surface area contributed by atoms with Crippen molar-refractivity contribution in [3.8, 4) is 0 Å². The molecule has 1 atom stereocenters. The number of primary amides is 1. The van der Waals surface area contributed by atoms with Gasteiger partial charge in [0.1, 0.15) is 0 Å². The first-order valence-electron chi connectivity index (χ1n) is 7.19. The highest BCUT2D eigenvalue weighted by atomic mass is 16.2. The molecule has 0 heterocycles. The van der Waals surface area contributed by atoms with Gasteiger partial charge in [-0.25, -0.2) is 4.79 Å². The summed E-state index contributed by atoms with van der Waals surface area (Å²) in [5, 5.41) is 8.74. The van der Waals surface area contributed by atoms with Crippen molar-refractivity contribution in [1.29, 1.82) is 0 Å². The Labute approximate surface area is 125 Å². The van der Waals surface area contributed by atoms with E-state index >= 15 is 0 Å². The summed E-state index contributed by atoms with van der Waals surface area (Å²) in [5.74, 6) is -0.359. The van der Waals surface area contributed by atoms with Gasteiger partial charge in [0.2, 0.25) is 5.91 Å². The monoisotopic (exact) mass is 292 g/mol. The van der Waals surface area contributed by atoms with Gasteiger partial charge < -0.3 is 21.7 Å². The number of amides is 3. The Morgan fingerprint density at radius 1 is 1.24 bits per heavy atom. The lowest BCUT2D eigenvalue weighted by atomic mass is 10.1. The Morgan fingerprint density at radius 3 is 2.48 bits per heavy atom. The van der Waals surface area contributed by atoms with E-state index in [4.69, 9.17) is 5.73 Å². The molecule has 0 aliphatic carbocycles. The van der Waals surface area contributed by atoms with Crippen LogP contribution in [0.5, 0.6) is 0 Å². The van der Waals surface area contributed by atoms with Crippen molar-refractivity contribution in [2.24, 2.45) is 5.73 Å². The molecule has 5 N–H and O–H groups in total. The van der Waals surface area contributed by atoms with Gasteiger partial charge in [-0.3, -0.25) is 4.79 Å². The molecule has 1 rings (SSSR count). The smallest absolute Gasteiger partial charge is 0.319 e. The fourth-order valence-electron chi connectivity index (χ4n) is 1.92. The topological polar surface area (TPSA) is 96.2 Å². The van der Waals surface area contributed by atoms with Crippen LogP contribution in [-0.2, 0) is 4.79 Å². The highest BCUT2D eigenvalue weighted by Gasteiger charge is 2.05. The lowest BCUT2D eigenvalue weighted by Crippen LogP contribution is -2.30. The Kier molecular flexibility index (Phi) is 7.25. The van der Waals surface area contributed by atoms with Gasteiger partial charge in [0.15, 0.2) is 0 Å². The average Bonchev–Trinajstić information content (AvgIpc) is 2.44. The van der Waals surface area contributed by atoms with Crippen molar-refractivity contribution in [3.63, 3.8) is 0 Å². The minimum atomic E-state index is -0.359. The Hall–Kier alpha value is -2.08. The second kappa shape index (κ2) is 8.97. The molecule has 6 heteroatoms. The quantitative estimate of drug-likeness (QED) is 0.549. The number of carbonyl (C=O) groups excluding carboxylic acids is 2. The average molecular weight is 292 g/mol. The Morgan fingerprint density at radius 2 is 1.90 bits per heavy atom. The first-order chi connectivity index (χ1) is 10.0. The molecule has 6 nitrogen and oxygen atoms in total. The van der Waals surface area contributed by atoms with Crippen molar-refractivity contribution in [3.05, 3.63) is 29.8 Å². The van der Waals surface area contributed by atoms with Crippen LogP contribution in [0, 0.1) is 0 Å². The van der Waals surface area contributed by atoms with E-state index in [1.165, 1.54) is 5.56 Å². The highest BCUT2D eigenvalue weighted by Crippen LogP contribution is 2.15. The van der Waals surface area contributed by atoms with E-state index in [9.17, 15) is 9.59 Å². The molecule has 0 fully saturated rings. The van der Waals surface area contributed by atoms with Crippen LogP contribution in [0.1, 0.15) is 38.3 Å². The maximum absolute atomic E-state index is 11.6. The van der Waals surface area contributed by atoms with Gasteiger partial charge in [-0.05, 0) is 37.6 Å². The summed E-state index contributed by atoms with van der Waals surface area (Å²) >= 11 is 0. The fourth-order valence-corrected chi connectivity index (χ4v) is 1.92. The lowest BCUT2D eigenvalue weighted by Gasteiger charge is -2.13. The zero-order valence-electron chi connectivity index (χ0n) is 12.6. The minimum absolute atomic E-state index is 0.275. The van der Waals surface area contributed by atoms with Crippen molar-refractivity contribution in [1.82, 2.24) is 10.6 Å².